The normalized spacial score (nSPS) is 11.4. The molecule has 5 nitrogen and oxygen atoms in total. The van der Waals surface area contributed by atoms with Crippen molar-refractivity contribution in [1.29, 1.82) is 0 Å². The van der Waals surface area contributed by atoms with E-state index >= 15 is 0 Å². The third-order valence-corrected chi connectivity index (χ3v) is 4.23. The van der Waals surface area contributed by atoms with Crippen molar-refractivity contribution in [2.24, 2.45) is 7.05 Å². The minimum Gasteiger partial charge on any atom is -0.465 e. The van der Waals surface area contributed by atoms with E-state index in [2.05, 4.69) is 9.72 Å². The maximum Gasteiger partial charge on any atom is 0.433 e. The van der Waals surface area contributed by atoms with Gasteiger partial charge in [-0.05, 0) is 17.7 Å². The van der Waals surface area contributed by atoms with Crippen LogP contribution in [0.25, 0.3) is 0 Å². The van der Waals surface area contributed by atoms with Gasteiger partial charge in [0, 0.05) is 18.9 Å². The van der Waals surface area contributed by atoms with E-state index in [0.29, 0.717) is 17.4 Å². The number of esters is 1. The Bertz CT molecular complexity index is 801. The highest BCUT2D eigenvalue weighted by Crippen LogP contribution is 2.28. The molecule has 0 aliphatic carbocycles. The fourth-order valence-electron chi connectivity index (χ4n) is 1.80. The van der Waals surface area contributed by atoms with Gasteiger partial charge in [-0.3, -0.25) is 9.36 Å². The van der Waals surface area contributed by atoms with Gasteiger partial charge in [0.15, 0.2) is 10.9 Å². The summed E-state index contributed by atoms with van der Waals surface area (Å²) in [4.78, 5) is 26.5. The topological polar surface area (TPSA) is 61.2 Å². The Morgan fingerprint density at radius 3 is 2.46 bits per heavy atom. The molecular formula is C15H13F3N2O3S. The molecular weight excluding hydrogens is 345 g/mol. The lowest BCUT2D eigenvalue weighted by Gasteiger charge is -2.11. The molecule has 2 aromatic rings. The average molecular weight is 358 g/mol. The van der Waals surface area contributed by atoms with E-state index in [1.54, 1.807) is 24.3 Å². The summed E-state index contributed by atoms with van der Waals surface area (Å²) in [7, 11) is 2.63. The molecule has 0 atom stereocenters. The summed E-state index contributed by atoms with van der Waals surface area (Å²) >= 11 is 1.00. The number of carbonyl (C=O) groups excluding carboxylic acids is 1. The summed E-state index contributed by atoms with van der Waals surface area (Å²) in [6.45, 7) is 0. The number of ether oxygens (including phenoxy) is 1. The summed E-state index contributed by atoms with van der Waals surface area (Å²) in [6.07, 6.45) is -4.68. The highest BCUT2D eigenvalue weighted by molar-refractivity contribution is 7.98. The highest BCUT2D eigenvalue weighted by Gasteiger charge is 2.33. The van der Waals surface area contributed by atoms with Gasteiger partial charge in [-0.2, -0.15) is 13.2 Å². The first-order valence-corrected chi connectivity index (χ1v) is 7.66. The number of rotatable bonds is 4. The Hall–Kier alpha value is -2.29. The molecule has 0 N–H and O–H groups in total. The van der Waals surface area contributed by atoms with Gasteiger partial charge < -0.3 is 4.74 Å². The predicted octanol–water partition coefficient (Wildman–Crippen LogP) is 2.88. The fraction of sp³-hybridized carbons (Fsp3) is 0.267. The molecule has 1 aromatic carbocycles. The van der Waals surface area contributed by atoms with Crippen LogP contribution < -0.4 is 5.56 Å². The SMILES string of the molecule is COC(=O)c1ccc(CSc2nc(C(F)(F)F)cc(=O)n2C)cc1. The van der Waals surface area contributed by atoms with Crippen LogP contribution in [0.15, 0.2) is 40.3 Å². The second kappa shape index (κ2) is 7.08. The van der Waals surface area contributed by atoms with Crippen molar-refractivity contribution in [2.75, 3.05) is 7.11 Å². The highest BCUT2D eigenvalue weighted by atomic mass is 32.2. The van der Waals surface area contributed by atoms with Crippen molar-refractivity contribution in [1.82, 2.24) is 9.55 Å². The molecule has 0 radical (unpaired) electrons. The van der Waals surface area contributed by atoms with Crippen LogP contribution in [0, 0.1) is 0 Å². The Morgan fingerprint density at radius 2 is 1.92 bits per heavy atom. The maximum atomic E-state index is 12.7. The number of methoxy groups -OCH3 is 1. The van der Waals surface area contributed by atoms with Crippen molar-refractivity contribution in [3.05, 3.63) is 57.5 Å². The van der Waals surface area contributed by atoms with Crippen LogP contribution in [0.3, 0.4) is 0 Å². The summed E-state index contributed by atoms with van der Waals surface area (Å²) in [5, 5.41) is -0.0353. The van der Waals surface area contributed by atoms with Gasteiger partial charge in [0.05, 0.1) is 12.7 Å². The van der Waals surface area contributed by atoms with E-state index in [1.165, 1.54) is 14.2 Å². The summed E-state index contributed by atoms with van der Waals surface area (Å²) < 4.78 is 43.8. The molecule has 128 valence electrons. The maximum absolute atomic E-state index is 12.7. The van der Waals surface area contributed by atoms with E-state index < -0.39 is 23.4 Å². The van der Waals surface area contributed by atoms with Crippen LogP contribution in [0.2, 0.25) is 0 Å². The molecule has 0 saturated heterocycles. The first-order valence-electron chi connectivity index (χ1n) is 6.67. The van der Waals surface area contributed by atoms with E-state index in [4.69, 9.17) is 0 Å². The average Bonchev–Trinajstić information content (AvgIpc) is 2.54. The first-order chi connectivity index (χ1) is 11.2. The Morgan fingerprint density at radius 1 is 1.29 bits per heavy atom. The standard InChI is InChI=1S/C15H13F3N2O3S/c1-20-12(21)7-11(15(16,17)18)19-14(20)24-8-9-3-5-10(6-4-9)13(22)23-2/h3-7H,8H2,1-2H3. The third-order valence-electron chi connectivity index (χ3n) is 3.13. The molecule has 1 aromatic heterocycles. The lowest BCUT2D eigenvalue weighted by Crippen LogP contribution is -2.23. The third kappa shape index (κ3) is 4.16. The largest absolute Gasteiger partial charge is 0.465 e. The number of carbonyl (C=O) groups is 1. The lowest BCUT2D eigenvalue weighted by atomic mass is 10.1. The molecule has 0 aliphatic rings. The Balaban J connectivity index is 2.18. The number of thioether (sulfide) groups is 1. The summed E-state index contributed by atoms with van der Waals surface area (Å²) in [5.74, 6) is -0.181. The zero-order valence-electron chi connectivity index (χ0n) is 12.8. The van der Waals surface area contributed by atoms with Crippen molar-refractivity contribution < 1.29 is 22.7 Å². The van der Waals surface area contributed by atoms with Gasteiger partial charge in [0.1, 0.15) is 0 Å². The molecule has 0 spiro atoms. The van der Waals surface area contributed by atoms with Gasteiger partial charge in [-0.15, -0.1) is 0 Å². The number of alkyl halides is 3. The molecule has 24 heavy (non-hydrogen) atoms. The predicted molar refractivity (Wildman–Crippen MR) is 81.8 cm³/mol. The summed E-state index contributed by atoms with van der Waals surface area (Å²) in [5.41, 5.74) is -0.856. The molecule has 0 saturated carbocycles. The minimum absolute atomic E-state index is 0.0353. The van der Waals surface area contributed by atoms with E-state index in [-0.39, 0.29) is 5.16 Å². The van der Waals surface area contributed by atoms with Gasteiger partial charge >= 0.3 is 12.1 Å². The quantitative estimate of drug-likeness (QED) is 0.478. The number of hydrogen-bond donors (Lipinski definition) is 0. The molecule has 0 fully saturated rings. The molecule has 1 heterocycles. The van der Waals surface area contributed by atoms with Gasteiger partial charge in [-0.1, -0.05) is 23.9 Å². The number of benzene rings is 1. The van der Waals surface area contributed by atoms with Gasteiger partial charge in [-0.25, -0.2) is 9.78 Å². The van der Waals surface area contributed by atoms with Crippen molar-refractivity contribution >= 4 is 17.7 Å². The molecule has 0 aliphatic heterocycles. The smallest absolute Gasteiger partial charge is 0.433 e. The lowest BCUT2D eigenvalue weighted by molar-refractivity contribution is -0.141. The number of halogens is 3. The van der Waals surface area contributed by atoms with Gasteiger partial charge in [0.25, 0.3) is 5.56 Å². The second-order valence-electron chi connectivity index (χ2n) is 4.80. The van der Waals surface area contributed by atoms with Crippen LogP contribution in [0.4, 0.5) is 13.2 Å². The molecule has 0 amide bonds. The van der Waals surface area contributed by atoms with Crippen molar-refractivity contribution in [2.45, 2.75) is 17.1 Å². The van der Waals surface area contributed by atoms with Gasteiger partial charge in [0.2, 0.25) is 0 Å². The molecule has 0 unspecified atom stereocenters. The zero-order valence-corrected chi connectivity index (χ0v) is 13.6. The first kappa shape index (κ1) is 18.1. The molecule has 9 heteroatoms. The number of hydrogen-bond acceptors (Lipinski definition) is 5. The Labute approximate surface area is 139 Å². The minimum atomic E-state index is -4.68. The molecule has 2 rings (SSSR count). The van der Waals surface area contributed by atoms with Crippen LogP contribution in [-0.4, -0.2) is 22.6 Å². The van der Waals surface area contributed by atoms with Crippen LogP contribution >= 0.6 is 11.8 Å². The van der Waals surface area contributed by atoms with E-state index in [1.807, 2.05) is 0 Å². The van der Waals surface area contributed by atoms with Crippen molar-refractivity contribution in [3.8, 4) is 0 Å². The van der Waals surface area contributed by atoms with Crippen molar-refractivity contribution in [3.63, 3.8) is 0 Å². The monoisotopic (exact) mass is 358 g/mol. The van der Waals surface area contributed by atoms with Crippen LogP contribution in [0.5, 0.6) is 0 Å². The number of aromatic nitrogens is 2. The second-order valence-corrected chi connectivity index (χ2v) is 5.74. The molecule has 0 bridgehead atoms. The zero-order chi connectivity index (χ0) is 17.9. The van der Waals surface area contributed by atoms with E-state index in [0.717, 1.165) is 21.9 Å². The fourth-order valence-corrected chi connectivity index (χ4v) is 2.73. The van der Waals surface area contributed by atoms with E-state index in [9.17, 15) is 22.8 Å². The van der Waals surface area contributed by atoms with Crippen LogP contribution in [-0.2, 0) is 23.7 Å². The summed E-state index contributed by atoms with van der Waals surface area (Å²) in [6, 6.07) is 6.89. The number of nitrogens with zero attached hydrogens (tertiary/aromatic N) is 2. The Kier molecular flexibility index (Phi) is 5.33. The van der Waals surface area contributed by atoms with Crippen LogP contribution in [0.1, 0.15) is 21.6 Å².